The number of nitrogens with zero attached hydrogens (tertiary/aromatic N) is 2. The summed E-state index contributed by atoms with van der Waals surface area (Å²) in [5.41, 5.74) is 2.56. The Morgan fingerprint density at radius 1 is 1.00 bits per heavy atom. The van der Waals surface area contributed by atoms with Crippen LogP contribution in [0.3, 0.4) is 0 Å². The fourth-order valence-electron chi connectivity index (χ4n) is 3.62. The standard InChI is InChI=1S/C21H25N3O5S/c1-30(26,27)24-9-7-23(8-10-24)14-17-3-2-4-18(11-17)21(25)22-13-16-5-6-19-20(12-16)29-15-28-19/h2-6,11-12H,7-10,13-15H2,1H3,(H,22,25). The third kappa shape index (κ3) is 4.92. The van der Waals surface area contributed by atoms with Gasteiger partial charge >= 0.3 is 0 Å². The van der Waals surface area contributed by atoms with Gasteiger partial charge in [-0.25, -0.2) is 8.42 Å². The average Bonchev–Trinajstić information content (AvgIpc) is 3.20. The van der Waals surface area contributed by atoms with Crippen molar-refractivity contribution in [3.63, 3.8) is 0 Å². The second kappa shape index (κ2) is 8.63. The third-order valence-electron chi connectivity index (χ3n) is 5.29. The van der Waals surface area contributed by atoms with Crippen molar-refractivity contribution in [2.45, 2.75) is 13.1 Å². The molecule has 1 N–H and O–H groups in total. The lowest BCUT2D eigenvalue weighted by atomic mass is 10.1. The van der Waals surface area contributed by atoms with Gasteiger partial charge < -0.3 is 14.8 Å². The van der Waals surface area contributed by atoms with Crippen molar-refractivity contribution in [2.75, 3.05) is 39.2 Å². The van der Waals surface area contributed by atoms with Crippen molar-refractivity contribution in [2.24, 2.45) is 0 Å². The SMILES string of the molecule is CS(=O)(=O)N1CCN(Cc2cccc(C(=O)NCc3ccc4c(c3)OCO4)c2)CC1. The summed E-state index contributed by atoms with van der Waals surface area (Å²) in [4.78, 5) is 14.8. The summed E-state index contributed by atoms with van der Waals surface area (Å²) in [6.07, 6.45) is 1.24. The summed E-state index contributed by atoms with van der Waals surface area (Å²) in [7, 11) is -3.13. The second-order valence-electron chi connectivity index (χ2n) is 7.51. The number of ether oxygens (including phenoxy) is 2. The lowest BCUT2D eigenvalue weighted by molar-refractivity contribution is 0.0950. The smallest absolute Gasteiger partial charge is 0.251 e. The van der Waals surface area contributed by atoms with Gasteiger partial charge in [0.1, 0.15) is 0 Å². The van der Waals surface area contributed by atoms with E-state index < -0.39 is 10.0 Å². The van der Waals surface area contributed by atoms with E-state index in [0.29, 0.717) is 50.6 Å². The Bertz CT molecular complexity index is 1030. The number of hydrogen-bond acceptors (Lipinski definition) is 6. The minimum absolute atomic E-state index is 0.142. The molecule has 1 amide bonds. The molecular weight excluding hydrogens is 406 g/mol. The van der Waals surface area contributed by atoms with Crippen LogP contribution in [0.2, 0.25) is 0 Å². The molecular formula is C21H25N3O5S. The molecule has 160 valence electrons. The van der Waals surface area contributed by atoms with E-state index in [9.17, 15) is 13.2 Å². The maximum Gasteiger partial charge on any atom is 0.251 e. The van der Waals surface area contributed by atoms with Crippen LogP contribution >= 0.6 is 0 Å². The maximum atomic E-state index is 12.6. The highest BCUT2D eigenvalue weighted by Gasteiger charge is 2.23. The van der Waals surface area contributed by atoms with E-state index in [-0.39, 0.29) is 12.7 Å². The summed E-state index contributed by atoms with van der Waals surface area (Å²) >= 11 is 0. The van der Waals surface area contributed by atoms with Crippen LogP contribution in [0.4, 0.5) is 0 Å². The predicted octanol–water partition coefficient (Wildman–Crippen LogP) is 1.42. The lowest BCUT2D eigenvalue weighted by Crippen LogP contribution is -2.47. The molecule has 0 spiro atoms. The van der Waals surface area contributed by atoms with Crippen LogP contribution in [-0.2, 0) is 23.1 Å². The molecule has 8 nitrogen and oxygen atoms in total. The van der Waals surface area contributed by atoms with E-state index in [4.69, 9.17) is 9.47 Å². The first-order valence-electron chi connectivity index (χ1n) is 9.82. The van der Waals surface area contributed by atoms with Crippen LogP contribution in [-0.4, -0.2) is 62.8 Å². The molecule has 2 heterocycles. The van der Waals surface area contributed by atoms with E-state index in [0.717, 1.165) is 16.9 Å². The van der Waals surface area contributed by atoms with Gasteiger partial charge in [-0.1, -0.05) is 18.2 Å². The number of nitrogens with one attached hydrogen (secondary N) is 1. The molecule has 1 fully saturated rings. The summed E-state index contributed by atoms with van der Waals surface area (Å²) in [5.74, 6) is 1.27. The van der Waals surface area contributed by atoms with E-state index in [1.807, 2.05) is 36.4 Å². The van der Waals surface area contributed by atoms with Gasteiger partial charge in [-0.15, -0.1) is 0 Å². The largest absolute Gasteiger partial charge is 0.454 e. The molecule has 0 aromatic heterocycles. The molecule has 0 atom stereocenters. The number of sulfonamides is 1. The molecule has 2 aliphatic heterocycles. The fraction of sp³-hybridized carbons (Fsp3) is 0.381. The number of benzene rings is 2. The molecule has 9 heteroatoms. The van der Waals surface area contributed by atoms with Crippen molar-refractivity contribution in [1.29, 1.82) is 0 Å². The number of carbonyl (C=O) groups excluding carboxylic acids is 1. The Kier molecular flexibility index (Phi) is 5.94. The van der Waals surface area contributed by atoms with Crippen LogP contribution in [0.5, 0.6) is 11.5 Å². The zero-order valence-electron chi connectivity index (χ0n) is 16.8. The maximum absolute atomic E-state index is 12.6. The number of carbonyl (C=O) groups is 1. The van der Waals surface area contributed by atoms with Gasteiger partial charge in [0, 0.05) is 44.8 Å². The number of amides is 1. The zero-order chi connectivity index (χ0) is 21.1. The van der Waals surface area contributed by atoms with Gasteiger partial charge in [-0.05, 0) is 35.4 Å². The van der Waals surface area contributed by atoms with Crippen molar-refractivity contribution >= 4 is 15.9 Å². The molecule has 4 rings (SSSR count). The predicted molar refractivity (Wildman–Crippen MR) is 112 cm³/mol. The fourth-order valence-corrected chi connectivity index (χ4v) is 4.45. The monoisotopic (exact) mass is 431 g/mol. The molecule has 0 radical (unpaired) electrons. The van der Waals surface area contributed by atoms with Crippen molar-refractivity contribution < 1.29 is 22.7 Å². The number of hydrogen-bond donors (Lipinski definition) is 1. The molecule has 0 aliphatic carbocycles. The first-order chi connectivity index (χ1) is 14.4. The number of fused-ring (bicyclic) bond motifs is 1. The quantitative estimate of drug-likeness (QED) is 0.744. The van der Waals surface area contributed by atoms with Crippen molar-refractivity contribution in [1.82, 2.24) is 14.5 Å². The average molecular weight is 432 g/mol. The molecule has 2 aromatic rings. The Hall–Kier alpha value is -2.62. The first kappa shape index (κ1) is 20.6. The van der Waals surface area contributed by atoms with Crippen LogP contribution in [0, 0.1) is 0 Å². The molecule has 30 heavy (non-hydrogen) atoms. The Morgan fingerprint density at radius 3 is 2.53 bits per heavy atom. The molecule has 0 unspecified atom stereocenters. The van der Waals surface area contributed by atoms with Crippen LogP contribution < -0.4 is 14.8 Å². The summed E-state index contributed by atoms with van der Waals surface area (Å²) in [6.45, 7) is 3.64. The van der Waals surface area contributed by atoms with Gasteiger partial charge in [0.05, 0.1) is 6.26 Å². The van der Waals surface area contributed by atoms with Gasteiger partial charge in [0.15, 0.2) is 11.5 Å². The Morgan fingerprint density at radius 2 is 1.77 bits per heavy atom. The highest BCUT2D eigenvalue weighted by Crippen LogP contribution is 2.32. The summed E-state index contributed by atoms with van der Waals surface area (Å²) in [5, 5.41) is 2.94. The lowest BCUT2D eigenvalue weighted by Gasteiger charge is -2.33. The van der Waals surface area contributed by atoms with Crippen molar-refractivity contribution in [3.05, 3.63) is 59.2 Å². The minimum Gasteiger partial charge on any atom is -0.454 e. The molecule has 2 aliphatic rings. The van der Waals surface area contributed by atoms with Crippen LogP contribution in [0.25, 0.3) is 0 Å². The van der Waals surface area contributed by atoms with Gasteiger partial charge in [0.2, 0.25) is 16.8 Å². The van der Waals surface area contributed by atoms with Gasteiger partial charge in [-0.2, -0.15) is 4.31 Å². The topological polar surface area (TPSA) is 88.2 Å². The molecule has 2 aromatic carbocycles. The minimum atomic E-state index is -3.13. The highest BCUT2D eigenvalue weighted by molar-refractivity contribution is 7.88. The third-order valence-corrected chi connectivity index (χ3v) is 6.59. The van der Waals surface area contributed by atoms with Crippen molar-refractivity contribution in [3.8, 4) is 11.5 Å². The van der Waals surface area contributed by atoms with Crippen LogP contribution in [0.1, 0.15) is 21.5 Å². The molecule has 0 saturated carbocycles. The summed E-state index contributed by atoms with van der Waals surface area (Å²) < 4.78 is 35.5. The number of piperazine rings is 1. The van der Waals surface area contributed by atoms with E-state index >= 15 is 0 Å². The van der Waals surface area contributed by atoms with E-state index in [1.54, 1.807) is 6.07 Å². The second-order valence-corrected chi connectivity index (χ2v) is 9.49. The first-order valence-corrected chi connectivity index (χ1v) is 11.7. The normalized spacial score (nSPS) is 17.1. The van der Waals surface area contributed by atoms with Gasteiger partial charge in [-0.3, -0.25) is 9.69 Å². The molecule has 1 saturated heterocycles. The van der Waals surface area contributed by atoms with E-state index in [1.165, 1.54) is 10.6 Å². The zero-order valence-corrected chi connectivity index (χ0v) is 17.7. The van der Waals surface area contributed by atoms with E-state index in [2.05, 4.69) is 10.2 Å². The molecule has 0 bridgehead atoms. The highest BCUT2D eigenvalue weighted by atomic mass is 32.2. The number of rotatable bonds is 6. The summed E-state index contributed by atoms with van der Waals surface area (Å²) in [6, 6.07) is 13.1. The Balaban J connectivity index is 1.32. The van der Waals surface area contributed by atoms with Crippen LogP contribution in [0.15, 0.2) is 42.5 Å². The van der Waals surface area contributed by atoms with Gasteiger partial charge in [0.25, 0.3) is 5.91 Å². The Labute approximate surface area is 176 Å².